The molecule has 11 heteroatoms. The van der Waals surface area contributed by atoms with Gasteiger partial charge in [-0.3, -0.25) is 0 Å². The van der Waals surface area contributed by atoms with Gasteiger partial charge in [-0.2, -0.15) is 0 Å². The Morgan fingerprint density at radius 1 is 0.226 bits per heavy atom. The Kier molecular flexibility index (Phi) is 23.3. The first-order chi connectivity index (χ1) is 60.6. The van der Waals surface area contributed by atoms with Gasteiger partial charge in [0, 0.05) is 63.3 Å². The van der Waals surface area contributed by atoms with E-state index >= 15 is 0 Å². The molecule has 2 heterocycles. The lowest BCUT2D eigenvalue weighted by Crippen LogP contribution is -2.28. The molecule has 21 rings (SSSR count). The Labute approximate surface area is 728 Å². The van der Waals surface area contributed by atoms with E-state index in [4.69, 9.17) is 18.9 Å². The highest BCUT2D eigenvalue weighted by Crippen LogP contribution is 2.64. The smallest absolute Gasteiger partial charge is 0.130 e. The van der Waals surface area contributed by atoms with Crippen LogP contribution in [0.1, 0.15) is 95.8 Å². The number of methoxy groups -OCH3 is 4. The lowest BCUT2D eigenvalue weighted by molar-refractivity contribution is 0.414. The lowest BCUT2D eigenvalue weighted by Gasteiger charge is -2.34. The third-order valence-electron chi connectivity index (χ3n) is 23.9. The fourth-order valence-corrected chi connectivity index (χ4v) is 17.9. The Morgan fingerprint density at radius 2 is 0.484 bits per heavy atom. The van der Waals surface area contributed by atoms with Crippen molar-refractivity contribution in [1.29, 1.82) is 0 Å². The Balaban J connectivity index is 0.000000112. The predicted octanol–water partition coefficient (Wildman–Crippen LogP) is 28.3. The van der Waals surface area contributed by atoms with E-state index in [-0.39, 0.29) is 21.7 Å². The molecule has 4 aliphatic rings. The summed E-state index contributed by atoms with van der Waals surface area (Å²) in [7, 11) is 6.67. The van der Waals surface area contributed by atoms with E-state index in [1.165, 1.54) is 106 Å². The van der Waals surface area contributed by atoms with Gasteiger partial charge >= 0.3 is 0 Å². The summed E-state index contributed by atoms with van der Waals surface area (Å²) in [5.74, 6) is 5.13. The van der Waals surface area contributed by atoms with Crippen LogP contribution in [0.25, 0.3) is 44.5 Å². The highest BCUT2D eigenvalue weighted by molar-refractivity contribution is 5.96. The summed E-state index contributed by atoms with van der Waals surface area (Å²) in [4.78, 5) is 8.91. The third-order valence-corrected chi connectivity index (χ3v) is 23.9. The molecule has 15 aromatic carbocycles. The van der Waals surface area contributed by atoms with Crippen LogP contribution in [0.15, 0.2) is 407 Å². The van der Waals surface area contributed by atoms with E-state index in [0.29, 0.717) is 0 Å². The number of rotatable bonds is 16. The molecule has 610 valence electrons. The summed E-state index contributed by atoms with van der Waals surface area (Å²) in [5, 5.41) is 17.2. The first-order valence-corrected chi connectivity index (χ1v) is 42.0. The Bertz CT molecular complexity index is 6250. The summed E-state index contributed by atoms with van der Waals surface area (Å²) in [6, 6.07) is 138. The minimum absolute atomic E-state index is 0.0313. The highest BCUT2D eigenvalue weighted by atomic mass is 16.5. The lowest BCUT2D eigenvalue weighted by atomic mass is 9.67. The number of pyridine rings is 2. The number of benzene rings is 15. The zero-order valence-electron chi connectivity index (χ0n) is 71.2. The largest absolute Gasteiger partial charge is 0.497 e. The molecule has 0 fully saturated rings. The number of nitrogens with one attached hydrogen (secondary N) is 5. The van der Waals surface area contributed by atoms with E-state index in [2.05, 4.69) is 332 Å². The van der Waals surface area contributed by atoms with Crippen LogP contribution in [0.3, 0.4) is 0 Å². The van der Waals surface area contributed by atoms with E-state index in [0.717, 1.165) is 80.1 Å². The molecule has 0 atom stereocenters. The predicted molar refractivity (Wildman–Crippen MR) is 512 cm³/mol. The molecule has 0 aliphatic heterocycles. The van der Waals surface area contributed by atoms with E-state index in [9.17, 15) is 0 Å². The number of hydrogen-bond donors (Lipinski definition) is 5. The topological polar surface area (TPSA) is 123 Å². The van der Waals surface area contributed by atoms with Gasteiger partial charge in [-0.15, -0.1) is 0 Å². The van der Waals surface area contributed by atoms with Gasteiger partial charge in [-0.25, -0.2) is 9.97 Å². The summed E-state index contributed by atoms with van der Waals surface area (Å²) in [6.45, 7) is 11.3. The molecule has 0 saturated carbocycles. The Morgan fingerprint density at radius 3 is 0.823 bits per heavy atom. The van der Waals surface area contributed by atoms with Crippen molar-refractivity contribution in [2.24, 2.45) is 0 Å². The number of anilines is 10. The van der Waals surface area contributed by atoms with Gasteiger partial charge in [0.1, 0.15) is 34.6 Å². The van der Waals surface area contributed by atoms with Gasteiger partial charge in [0.25, 0.3) is 0 Å². The van der Waals surface area contributed by atoms with Crippen LogP contribution in [0.5, 0.6) is 23.0 Å². The van der Waals surface area contributed by atoms with Crippen molar-refractivity contribution in [2.75, 3.05) is 55.0 Å². The highest BCUT2D eigenvalue weighted by Gasteiger charge is 2.52. The van der Waals surface area contributed by atoms with E-state index < -0.39 is 0 Å². The van der Waals surface area contributed by atoms with Crippen molar-refractivity contribution in [3.8, 4) is 67.5 Å². The number of aromatic nitrogens is 2. The maximum absolute atomic E-state index is 5.22. The standard InChI is InChI=1S/C30H20N2.C30H22N2.C22H21NO.C17H21NO.C14H15NO2/c1-4-12-25-21(9-1)22-10-2-5-13-26(22)30(25)27-14-6-3-11-23(27)24-17-16-20(19-28(24)30)32-29-15-7-8-18-31-29;1-3-11-22(12-4-1)30(23-13-5-2-6-14-23)27-16-8-7-15-25(27)26-19-18-24(21-28(26)30)32-29-17-9-10-20-31-29;1-22(2)20-7-5-4-6-18(20)19-13-10-16(14-21(19)22)23-15-8-11-17(24-3)12-9-15;1-17(2,3)13-5-7-14(8-6-13)18-15-9-11-16(19-4)12-10-15;1-16-13-7-3-11(4-8-13)15-12-5-9-14(17-2)10-6-12/h1-19H,(H,31,32);1-21H,(H,31,32);4-14,23H,1-3H3;5-12,18H,1-4H3;3-10,15H,1-2H3. The minimum atomic E-state index is -0.379. The van der Waals surface area contributed by atoms with E-state index in [1.54, 1.807) is 28.4 Å². The minimum Gasteiger partial charge on any atom is -0.497 e. The fraction of sp³-hybridized carbons (Fsp3) is 0.115. The quantitative estimate of drug-likeness (QED) is 0.0636. The van der Waals surface area contributed by atoms with Gasteiger partial charge in [0.2, 0.25) is 0 Å². The third kappa shape index (κ3) is 16.3. The summed E-state index contributed by atoms with van der Waals surface area (Å²) in [5.41, 5.74) is 33.2. The summed E-state index contributed by atoms with van der Waals surface area (Å²) in [6.07, 6.45) is 3.63. The molecule has 0 bridgehead atoms. The van der Waals surface area contributed by atoms with E-state index in [1.807, 2.05) is 146 Å². The first-order valence-electron chi connectivity index (χ1n) is 42.0. The summed E-state index contributed by atoms with van der Waals surface area (Å²) >= 11 is 0. The van der Waals surface area contributed by atoms with Crippen molar-refractivity contribution in [2.45, 2.75) is 56.3 Å². The van der Waals surface area contributed by atoms with Crippen LogP contribution in [0.4, 0.5) is 57.1 Å². The van der Waals surface area contributed by atoms with Crippen molar-refractivity contribution in [3.05, 3.63) is 468 Å². The monoisotopic (exact) mass is 1620 g/mol. The van der Waals surface area contributed by atoms with Gasteiger partial charge in [-0.1, -0.05) is 259 Å². The normalized spacial score (nSPS) is 12.8. The second kappa shape index (κ2) is 35.6. The molecule has 0 unspecified atom stereocenters. The molecule has 0 amide bonds. The van der Waals surface area contributed by atoms with Crippen LogP contribution in [-0.4, -0.2) is 38.4 Å². The molecular weight excluding hydrogens is 1520 g/mol. The second-order valence-corrected chi connectivity index (χ2v) is 32.7. The second-order valence-electron chi connectivity index (χ2n) is 32.7. The average Bonchev–Trinajstić information content (AvgIpc) is 1.51. The molecule has 2 aromatic heterocycles. The van der Waals surface area contributed by atoms with Crippen molar-refractivity contribution < 1.29 is 18.9 Å². The maximum Gasteiger partial charge on any atom is 0.130 e. The first kappa shape index (κ1) is 81.2. The van der Waals surface area contributed by atoms with Gasteiger partial charge in [-0.05, 0) is 281 Å². The molecule has 0 radical (unpaired) electrons. The molecule has 17 aromatic rings. The van der Waals surface area contributed by atoms with Crippen LogP contribution < -0.4 is 45.5 Å². The van der Waals surface area contributed by atoms with Crippen molar-refractivity contribution in [3.63, 3.8) is 0 Å². The van der Waals surface area contributed by atoms with Crippen LogP contribution in [-0.2, 0) is 21.7 Å². The zero-order chi connectivity index (χ0) is 85.2. The van der Waals surface area contributed by atoms with Crippen molar-refractivity contribution >= 4 is 57.1 Å². The van der Waals surface area contributed by atoms with Crippen molar-refractivity contribution in [1.82, 2.24) is 9.97 Å². The van der Waals surface area contributed by atoms with Crippen LogP contribution in [0, 0.1) is 0 Å². The Hall–Kier alpha value is -15.2. The SMILES string of the molecule is COc1ccc(Nc2ccc(C(C)(C)C)cc2)cc1.COc1ccc(Nc2ccc(OC)cc2)cc1.COc1ccc(Nc2ccc3c(c2)C(C)(C)c2ccccc2-3)cc1.c1ccc(C2(c3ccccc3)c3ccccc3-c3ccc(Nc4ccccn4)cc32)cc1.c1ccc(Nc2ccc3c(c2)C2(c4ccccc4-c4ccccc42)c2ccccc2-3)nc1. The van der Waals surface area contributed by atoms with Gasteiger partial charge in [0.15, 0.2) is 0 Å². The van der Waals surface area contributed by atoms with Gasteiger partial charge < -0.3 is 45.5 Å². The molecule has 5 N–H and O–H groups in total. The number of nitrogens with zero attached hydrogens (tertiary/aromatic N) is 2. The summed E-state index contributed by atoms with van der Waals surface area (Å²) < 4.78 is 20.6. The maximum atomic E-state index is 5.22. The number of ether oxygens (including phenoxy) is 4. The van der Waals surface area contributed by atoms with Crippen LogP contribution in [0.2, 0.25) is 0 Å². The van der Waals surface area contributed by atoms with Crippen LogP contribution >= 0.6 is 0 Å². The fourth-order valence-electron chi connectivity index (χ4n) is 17.9. The number of hydrogen-bond acceptors (Lipinski definition) is 11. The average molecular weight is 1620 g/mol. The molecule has 124 heavy (non-hydrogen) atoms. The zero-order valence-corrected chi connectivity index (χ0v) is 71.2. The van der Waals surface area contributed by atoms with Gasteiger partial charge in [0.05, 0.1) is 39.3 Å². The number of fused-ring (bicyclic) bond motifs is 16. The molecule has 4 aliphatic carbocycles. The molecule has 11 nitrogen and oxygen atoms in total. The molecular formula is C113H99N7O4. The molecule has 1 spiro atoms. The molecule has 0 saturated heterocycles.